The van der Waals surface area contributed by atoms with E-state index in [4.69, 9.17) is 9.47 Å². The molecule has 0 aromatic carbocycles. The summed E-state index contributed by atoms with van der Waals surface area (Å²) in [5, 5.41) is 3.33. The highest BCUT2D eigenvalue weighted by Gasteiger charge is 2.21. The minimum absolute atomic E-state index is 0.330. The van der Waals surface area contributed by atoms with Crippen molar-refractivity contribution < 1.29 is 9.47 Å². The fraction of sp³-hybridized carbons (Fsp3) is 0.615. The number of rotatable bonds is 5. The molecule has 94 valence electrons. The van der Waals surface area contributed by atoms with Crippen LogP contribution in [0, 0.1) is 0 Å². The summed E-state index contributed by atoms with van der Waals surface area (Å²) in [6.45, 7) is 5.57. The third-order valence-corrected chi connectivity index (χ3v) is 2.88. The summed E-state index contributed by atoms with van der Waals surface area (Å²) in [4.78, 5) is 4.20. The minimum atomic E-state index is 0.330. The molecule has 0 amide bonds. The zero-order valence-electron chi connectivity index (χ0n) is 10.5. The lowest BCUT2D eigenvalue weighted by molar-refractivity contribution is 0.0637. The molecular formula is C13H20N2O2. The van der Waals surface area contributed by atoms with Gasteiger partial charge in [0.15, 0.2) is 0 Å². The van der Waals surface area contributed by atoms with Crippen molar-refractivity contribution in [1.29, 1.82) is 0 Å². The van der Waals surface area contributed by atoms with E-state index >= 15 is 0 Å². The molecule has 0 saturated carbocycles. The van der Waals surface area contributed by atoms with Gasteiger partial charge >= 0.3 is 0 Å². The maximum Gasteiger partial charge on any atom is 0.213 e. The van der Waals surface area contributed by atoms with Crippen molar-refractivity contribution in [2.24, 2.45) is 0 Å². The zero-order chi connectivity index (χ0) is 12.1. The molecule has 4 nitrogen and oxygen atoms in total. The molecule has 2 rings (SSSR count). The van der Waals surface area contributed by atoms with Gasteiger partial charge in [-0.1, -0.05) is 0 Å². The first-order chi connectivity index (χ1) is 8.28. The first-order valence-electron chi connectivity index (χ1n) is 6.26. The third kappa shape index (κ3) is 3.60. The predicted molar refractivity (Wildman–Crippen MR) is 67.5 cm³/mol. The Morgan fingerprint density at radius 1 is 1.47 bits per heavy atom. The second-order valence-electron chi connectivity index (χ2n) is 4.35. The predicted octanol–water partition coefficient (Wildman–Crippen LogP) is 2.46. The topological polar surface area (TPSA) is 43.4 Å². The van der Waals surface area contributed by atoms with Crippen LogP contribution in [0.5, 0.6) is 5.88 Å². The lowest BCUT2D eigenvalue weighted by Gasteiger charge is -2.13. The Bertz CT molecular complexity index is 340. The van der Waals surface area contributed by atoms with E-state index in [0.717, 1.165) is 25.1 Å². The highest BCUT2D eigenvalue weighted by atomic mass is 16.5. The zero-order valence-corrected chi connectivity index (χ0v) is 10.5. The molecule has 17 heavy (non-hydrogen) atoms. The molecule has 1 fully saturated rings. The van der Waals surface area contributed by atoms with Crippen molar-refractivity contribution in [3.05, 3.63) is 18.3 Å². The van der Waals surface area contributed by atoms with Crippen LogP contribution < -0.4 is 10.1 Å². The van der Waals surface area contributed by atoms with Crippen molar-refractivity contribution in [2.45, 2.75) is 38.9 Å². The normalized spacial score (nSPS) is 23.6. The number of hydrogen-bond acceptors (Lipinski definition) is 4. The first kappa shape index (κ1) is 12.2. The fourth-order valence-electron chi connectivity index (χ4n) is 1.99. The molecular weight excluding hydrogens is 216 g/mol. The van der Waals surface area contributed by atoms with Gasteiger partial charge in [0.05, 0.1) is 30.7 Å². The van der Waals surface area contributed by atoms with Crippen LogP contribution in [0.2, 0.25) is 0 Å². The van der Waals surface area contributed by atoms with Crippen LogP contribution in [0.15, 0.2) is 18.3 Å². The number of hydrogen-bond donors (Lipinski definition) is 1. The second kappa shape index (κ2) is 5.87. The first-order valence-corrected chi connectivity index (χ1v) is 6.26. The Balaban J connectivity index is 1.78. The Labute approximate surface area is 102 Å². The lowest BCUT2D eigenvalue weighted by atomic mass is 10.2. The molecule has 0 spiro atoms. The van der Waals surface area contributed by atoms with Gasteiger partial charge in [-0.05, 0) is 32.8 Å². The highest BCUT2D eigenvalue weighted by molar-refractivity contribution is 5.42. The molecule has 2 atom stereocenters. The van der Waals surface area contributed by atoms with Gasteiger partial charge in [-0.25, -0.2) is 4.98 Å². The van der Waals surface area contributed by atoms with Gasteiger partial charge in [0, 0.05) is 12.6 Å². The molecule has 1 aliphatic rings. The number of ether oxygens (including phenoxy) is 2. The van der Waals surface area contributed by atoms with Crippen molar-refractivity contribution in [3.63, 3.8) is 0 Å². The van der Waals surface area contributed by atoms with E-state index in [1.165, 1.54) is 0 Å². The summed E-state index contributed by atoms with van der Waals surface area (Å²) >= 11 is 0. The largest absolute Gasteiger partial charge is 0.478 e. The van der Waals surface area contributed by atoms with E-state index < -0.39 is 0 Å². The summed E-state index contributed by atoms with van der Waals surface area (Å²) in [6.07, 6.45) is 4.83. The van der Waals surface area contributed by atoms with E-state index in [2.05, 4.69) is 17.2 Å². The molecule has 0 radical (unpaired) electrons. The number of nitrogens with one attached hydrogen (secondary N) is 1. The van der Waals surface area contributed by atoms with Gasteiger partial charge in [-0.3, -0.25) is 0 Å². The minimum Gasteiger partial charge on any atom is -0.478 e. The SMILES string of the molecule is CCOc1ccc(NCC2CCC(C)O2)cn1. The average molecular weight is 236 g/mol. The van der Waals surface area contributed by atoms with Gasteiger partial charge in [0.2, 0.25) is 5.88 Å². The number of aromatic nitrogens is 1. The van der Waals surface area contributed by atoms with Crippen molar-refractivity contribution in [1.82, 2.24) is 4.98 Å². The lowest BCUT2D eigenvalue weighted by Crippen LogP contribution is -2.19. The molecule has 0 aliphatic carbocycles. The van der Waals surface area contributed by atoms with Crippen molar-refractivity contribution in [2.75, 3.05) is 18.5 Å². The summed E-state index contributed by atoms with van der Waals surface area (Å²) < 4.78 is 11.0. The Morgan fingerprint density at radius 3 is 2.94 bits per heavy atom. The molecule has 2 unspecified atom stereocenters. The van der Waals surface area contributed by atoms with E-state index in [1.54, 1.807) is 6.20 Å². The van der Waals surface area contributed by atoms with E-state index in [9.17, 15) is 0 Å². The highest BCUT2D eigenvalue weighted by Crippen LogP contribution is 2.19. The van der Waals surface area contributed by atoms with Gasteiger partial charge in [-0.2, -0.15) is 0 Å². The van der Waals surface area contributed by atoms with Crippen LogP contribution in [0.25, 0.3) is 0 Å². The average Bonchev–Trinajstić information content (AvgIpc) is 2.75. The van der Waals surface area contributed by atoms with Crippen LogP contribution >= 0.6 is 0 Å². The molecule has 1 N–H and O–H groups in total. The van der Waals surface area contributed by atoms with Gasteiger partial charge in [0.1, 0.15) is 0 Å². The van der Waals surface area contributed by atoms with Crippen LogP contribution in [-0.4, -0.2) is 30.3 Å². The van der Waals surface area contributed by atoms with E-state index in [0.29, 0.717) is 24.7 Å². The second-order valence-corrected chi connectivity index (χ2v) is 4.35. The van der Waals surface area contributed by atoms with Crippen LogP contribution in [0.1, 0.15) is 26.7 Å². The van der Waals surface area contributed by atoms with Gasteiger partial charge < -0.3 is 14.8 Å². The molecule has 1 aromatic rings. The molecule has 2 heterocycles. The quantitative estimate of drug-likeness (QED) is 0.853. The molecule has 0 bridgehead atoms. The molecule has 1 aromatic heterocycles. The van der Waals surface area contributed by atoms with Crippen molar-refractivity contribution in [3.8, 4) is 5.88 Å². The summed E-state index contributed by atoms with van der Waals surface area (Å²) in [7, 11) is 0. The van der Waals surface area contributed by atoms with Gasteiger partial charge in [0.25, 0.3) is 0 Å². The standard InChI is InChI=1S/C13H20N2O2/c1-3-16-13-7-5-11(8-15-13)14-9-12-6-4-10(2)17-12/h5,7-8,10,12,14H,3-4,6,9H2,1-2H3. The smallest absolute Gasteiger partial charge is 0.213 e. The fourth-order valence-corrected chi connectivity index (χ4v) is 1.99. The molecule has 1 aliphatic heterocycles. The van der Waals surface area contributed by atoms with Gasteiger partial charge in [-0.15, -0.1) is 0 Å². The van der Waals surface area contributed by atoms with Crippen molar-refractivity contribution >= 4 is 5.69 Å². The van der Waals surface area contributed by atoms with Crippen LogP contribution in [0.3, 0.4) is 0 Å². The molecule has 1 saturated heterocycles. The van der Waals surface area contributed by atoms with Crippen LogP contribution in [0.4, 0.5) is 5.69 Å². The number of pyridine rings is 1. The van der Waals surface area contributed by atoms with E-state index in [-0.39, 0.29) is 0 Å². The summed E-state index contributed by atoms with van der Waals surface area (Å²) in [5.41, 5.74) is 1.01. The summed E-state index contributed by atoms with van der Waals surface area (Å²) in [5.74, 6) is 0.670. The Morgan fingerprint density at radius 2 is 2.35 bits per heavy atom. The monoisotopic (exact) mass is 236 g/mol. The molecule has 4 heteroatoms. The summed E-state index contributed by atoms with van der Waals surface area (Å²) in [6, 6.07) is 3.86. The number of nitrogens with zero attached hydrogens (tertiary/aromatic N) is 1. The van der Waals surface area contributed by atoms with E-state index in [1.807, 2.05) is 19.1 Å². The Kier molecular flexibility index (Phi) is 4.20. The maximum atomic E-state index is 5.74. The Hall–Kier alpha value is -1.29. The number of anilines is 1. The van der Waals surface area contributed by atoms with Crippen LogP contribution in [-0.2, 0) is 4.74 Å². The third-order valence-electron chi connectivity index (χ3n) is 2.88. The maximum absolute atomic E-state index is 5.74.